The fraction of sp³-hybridized carbons (Fsp3) is 0.222. The van der Waals surface area contributed by atoms with Crippen molar-refractivity contribution in [2.24, 2.45) is 0 Å². The zero-order chi connectivity index (χ0) is 16.8. The summed E-state index contributed by atoms with van der Waals surface area (Å²) in [7, 11) is 0. The molecule has 0 heterocycles. The molecule has 0 aromatic heterocycles. The summed E-state index contributed by atoms with van der Waals surface area (Å²) < 4.78 is 13.6. The molecule has 2 aromatic carbocycles. The van der Waals surface area contributed by atoms with Crippen molar-refractivity contribution >= 4 is 17.5 Å². The second kappa shape index (κ2) is 7.54. The van der Waals surface area contributed by atoms with Gasteiger partial charge in [-0.3, -0.25) is 9.59 Å². The van der Waals surface area contributed by atoms with Crippen LogP contribution in [0.1, 0.15) is 18.1 Å². The monoisotopic (exact) mass is 314 g/mol. The number of para-hydroxylation sites is 1. The highest BCUT2D eigenvalue weighted by Crippen LogP contribution is 2.13. The van der Waals surface area contributed by atoms with Gasteiger partial charge in [-0.1, -0.05) is 36.4 Å². The first-order valence-corrected chi connectivity index (χ1v) is 7.32. The Morgan fingerprint density at radius 2 is 1.74 bits per heavy atom. The van der Waals surface area contributed by atoms with Gasteiger partial charge in [-0.15, -0.1) is 0 Å². The van der Waals surface area contributed by atoms with Gasteiger partial charge >= 0.3 is 0 Å². The van der Waals surface area contributed by atoms with Crippen molar-refractivity contribution in [1.82, 2.24) is 4.90 Å². The van der Waals surface area contributed by atoms with Gasteiger partial charge in [0.15, 0.2) is 0 Å². The SMILES string of the molecule is CC(=O)N(CC(=O)Nc1ccccc1F)Cc1ccccc1C. The van der Waals surface area contributed by atoms with Crippen LogP contribution in [-0.2, 0) is 16.1 Å². The lowest BCUT2D eigenvalue weighted by atomic mass is 10.1. The number of carbonyl (C=O) groups is 2. The summed E-state index contributed by atoms with van der Waals surface area (Å²) in [5.41, 5.74) is 2.13. The predicted molar refractivity (Wildman–Crippen MR) is 87.3 cm³/mol. The second-order valence-electron chi connectivity index (χ2n) is 5.33. The van der Waals surface area contributed by atoms with Crippen LogP contribution in [0.3, 0.4) is 0 Å². The third-order valence-corrected chi connectivity index (χ3v) is 3.55. The van der Waals surface area contributed by atoms with E-state index < -0.39 is 11.7 Å². The number of nitrogens with one attached hydrogen (secondary N) is 1. The molecular formula is C18H19FN2O2. The van der Waals surface area contributed by atoms with Crippen molar-refractivity contribution < 1.29 is 14.0 Å². The fourth-order valence-corrected chi connectivity index (χ4v) is 2.20. The molecule has 120 valence electrons. The highest BCUT2D eigenvalue weighted by Gasteiger charge is 2.16. The summed E-state index contributed by atoms with van der Waals surface area (Å²) in [5, 5.41) is 2.49. The minimum Gasteiger partial charge on any atom is -0.329 e. The molecular weight excluding hydrogens is 295 g/mol. The van der Waals surface area contributed by atoms with E-state index in [0.29, 0.717) is 6.54 Å². The highest BCUT2D eigenvalue weighted by molar-refractivity contribution is 5.94. The Bertz CT molecular complexity index is 716. The van der Waals surface area contributed by atoms with E-state index in [0.717, 1.165) is 11.1 Å². The molecule has 4 nitrogen and oxygen atoms in total. The van der Waals surface area contributed by atoms with Crippen LogP contribution in [0.4, 0.5) is 10.1 Å². The molecule has 0 spiro atoms. The van der Waals surface area contributed by atoms with Crippen LogP contribution >= 0.6 is 0 Å². The fourth-order valence-electron chi connectivity index (χ4n) is 2.20. The Morgan fingerprint density at radius 1 is 1.09 bits per heavy atom. The average molecular weight is 314 g/mol. The number of nitrogens with zero attached hydrogens (tertiary/aromatic N) is 1. The van der Waals surface area contributed by atoms with Crippen LogP contribution in [0.25, 0.3) is 0 Å². The standard InChI is InChI=1S/C18H19FN2O2/c1-13-7-3-4-8-15(13)11-21(14(2)22)12-18(23)20-17-10-6-5-9-16(17)19/h3-10H,11-12H2,1-2H3,(H,20,23). The average Bonchev–Trinajstić information content (AvgIpc) is 2.51. The van der Waals surface area contributed by atoms with Gasteiger partial charge in [-0.2, -0.15) is 0 Å². The Kier molecular flexibility index (Phi) is 5.46. The van der Waals surface area contributed by atoms with Crippen LogP contribution in [0.2, 0.25) is 0 Å². The highest BCUT2D eigenvalue weighted by atomic mass is 19.1. The van der Waals surface area contributed by atoms with Crippen molar-refractivity contribution in [3.8, 4) is 0 Å². The third kappa shape index (κ3) is 4.64. The topological polar surface area (TPSA) is 49.4 Å². The molecule has 2 rings (SSSR count). The van der Waals surface area contributed by atoms with E-state index in [1.165, 1.54) is 24.0 Å². The van der Waals surface area contributed by atoms with Crippen LogP contribution in [0.5, 0.6) is 0 Å². The second-order valence-corrected chi connectivity index (χ2v) is 5.33. The Balaban J connectivity index is 2.05. The van der Waals surface area contributed by atoms with E-state index in [-0.39, 0.29) is 18.1 Å². The number of anilines is 1. The van der Waals surface area contributed by atoms with E-state index in [9.17, 15) is 14.0 Å². The van der Waals surface area contributed by atoms with E-state index in [1.807, 2.05) is 31.2 Å². The molecule has 0 atom stereocenters. The zero-order valence-electron chi connectivity index (χ0n) is 13.2. The van der Waals surface area contributed by atoms with Gasteiger partial charge in [0.1, 0.15) is 12.4 Å². The molecule has 1 N–H and O–H groups in total. The maximum Gasteiger partial charge on any atom is 0.244 e. The smallest absolute Gasteiger partial charge is 0.244 e. The summed E-state index contributed by atoms with van der Waals surface area (Å²) in [4.78, 5) is 25.3. The molecule has 2 aromatic rings. The van der Waals surface area contributed by atoms with Crippen LogP contribution in [0.15, 0.2) is 48.5 Å². The number of amides is 2. The molecule has 0 unspecified atom stereocenters. The lowest BCUT2D eigenvalue weighted by molar-refractivity contribution is -0.133. The summed E-state index contributed by atoms with van der Waals surface area (Å²) in [5.74, 6) is -1.15. The van der Waals surface area contributed by atoms with E-state index >= 15 is 0 Å². The van der Waals surface area contributed by atoms with Gasteiger partial charge < -0.3 is 10.2 Å². The van der Waals surface area contributed by atoms with Crippen molar-refractivity contribution in [1.29, 1.82) is 0 Å². The quantitative estimate of drug-likeness (QED) is 0.922. The number of benzene rings is 2. The van der Waals surface area contributed by atoms with E-state index in [1.54, 1.807) is 12.1 Å². The van der Waals surface area contributed by atoms with Crippen LogP contribution in [-0.4, -0.2) is 23.3 Å². The molecule has 5 heteroatoms. The van der Waals surface area contributed by atoms with Crippen LogP contribution in [0, 0.1) is 12.7 Å². The Morgan fingerprint density at radius 3 is 2.39 bits per heavy atom. The normalized spacial score (nSPS) is 10.2. The van der Waals surface area contributed by atoms with Crippen molar-refractivity contribution in [3.63, 3.8) is 0 Å². The van der Waals surface area contributed by atoms with Crippen LogP contribution < -0.4 is 5.32 Å². The molecule has 0 bridgehead atoms. The predicted octanol–water partition coefficient (Wildman–Crippen LogP) is 3.12. The zero-order valence-corrected chi connectivity index (χ0v) is 13.2. The minimum atomic E-state index is -0.505. The van der Waals surface area contributed by atoms with Gasteiger partial charge in [-0.25, -0.2) is 4.39 Å². The Hall–Kier alpha value is -2.69. The molecule has 0 saturated heterocycles. The molecule has 0 aliphatic heterocycles. The van der Waals surface area contributed by atoms with Crippen molar-refractivity contribution in [2.45, 2.75) is 20.4 Å². The van der Waals surface area contributed by atoms with Crippen molar-refractivity contribution in [2.75, 3.05) is 11.9 Å². The van der Waals surface area contributed by atoms with Gasteiger partial charge in [-0.05, 0) is 30.2 Å². The first kappa shape index (κ1) is 16.7. The molecule has 2 amide bonds. The summed E-state index contributed by atoms with van der Waals surface area (Å²) >= 11 is 0. The number of carbonyl (C=O) groups excluding carboxylic acids is 2. The first-order valence-electron chi connectivity index (χ1n) is 7.32. The lowest BCUT2D eigenvalue weighted by Crippen LogP contribution is -2.36. The van der Waals surface area contributed by atoms with Gasteiger partial charge in [0.2, 0.25) is 11.8 Å². The number of aryl methyl sites for hydroxylation is 1. The molecule has 0 aliphatic carbocycles. The number of hydrogen-bond acceptors (Lipinski definition) is 2. The Labute approximate surface area is 134 Å². The molecule has 0 aliphatic rings. The first-order chi connectivity index (χ1) is 11.0. The maximum absolute atomic E-state index is 13.6. The lowest BCUT2D eigenvalue weighted by Gasteiger charge is -2.21. The van der Waals surface area contributed by atoms with E-state index in [2.05, 4.69) is 5.32 Å². The number of halogens is 1. The third-order valence-electron chi connectivity index (χ3n) is 3.55. The summed E-state index contributed by atoms with van der Waals surface area (Å²) in [6.07, 6.45) is 0. The molecule has 0 radical (unpaired) electrons. The maximum atomic E-state index is 13.6. The largest absolute Gasteiger partial charge is 0.329 e. The molecule has 0 fully saturated rings. The molecule has 0 saturated carbocycles. The van der Waals surface area contributed by atoms with E-state index in [4.69, 9.17) is 0 Å². The summed E-state index contributed by atoms with van der Waals surface area (Å²) in [6.45, 7) is 3.58. The van der Waals surface area contributed by atoms with Gasteiger partial charge in [0.25, 0.3) is 0 Å². The summed E-state index contributed by atoms with van der Waals surface area (Å²) in [6, 6.07) is 13.6. The minimum absolute atomic E-state index is 0.108. The molecule has 23 heavy (non-hydrogen) atoms. The van der Waals surface area contributed by atoms with Crippen molar-refractivity contribution in [3.05, 3.63) is 65.5 Å². The van der Waals surface area contributed by atoms with Gasteiger partial charge in [0, 0.05) is 13.5 Å². The van der Waals surface area contributed by atoms with Gasteiger partial charge in [0.05, 0.1) is 5.69 Å². The number of rotatable bonds is 5. The number of hydrogen-bond donors (Lipinski definition) is 1.